The summed E-state index contributed by atoms with van der Waals surface area (Å²) < 4.78 is 27.7. The number of rotatable bonds is 8. The SMILES string of the molecule is CCN(Cc1cccc(F)c1)C(=O)CSc1nnc(Cc2ccc(F)cc2)n1N. The van der Waals surface area contributed by atoms with Gasteiger partial charge in [-0.05, 0) is 42.3 Å². The standard InChI is InChI=1S/C20H21F2N5OS/c1-2-26(12-15-4-3-5-17(22)10-15)19(28)13-29-20-25-24-18(27(20)23)11-14-6-8-16(21)9-7-14/h3-10H,2,11-13,23H2,1H3. The average molecular weight is 417 g/mol. The van der Waals surface area contributed by atoms with Crippen LogP contribution in [0.2, 0.25) is 0 Å². The molecule has 1 aromatic heterocycles. The number of aromatic nitrogens is 3. The van der Waals surface area contributed by atoms with Crippen LogP contribution in [0.3, 0.4) is 0 Å². The number of nitrogen functional groups attached to an aromatic ring is 1. The third-order valence-electron chi connectivity index (χ3n) is 4.33. The second kappa shape index (κ2) is 9.51. The number of nitrogens with zero attached hydrogens (tertiary/aromatic N) is 4. The monoisotopic (exact) mass is 417 g/mol. The van der Waals surface area contributed by atoms with Gasteiger partial charge in [-0.2, -0.15) is 0 Å². The Morgan fingerprint density at radius 2 is 1.86 bits per heavy atom. The number of benzene rings is 2. The Labute approximate surface area is 171 Å². The van der Waals surface area contributed by atoms with E-state index in [1.165, 1.54) is 40.7 Å². The molecule has 0 aliphatic rings. The topological polar surface area (TPSA) is 77.0 Å². The predicted molar refractivity (Wildman–Crippen MR) is 108 cm³/mol. The minimum atomic E-state index is -0.328. The highest BCUT2D eigenvalue weighted by atomic mass is 32.2. The summed E-state index contributed by atoms with van der Waals surface area (Å²) in [4.78, 5) is 14.2. The van der Waals surface area contributed by atoms with Crippen molar-refractivity contribution >= 4 is 17.7 Å². The molecule has 0 saturated carbocycles. The van der Waals surface area contributed by atoms with Gasteiger partial charge in [0, 0.05) is 19.5 Å². The van der Waals surface area contributed by atoms with Gasteiger partial charge in [-0.15, -0.1) is 10.2 Å². The van der Waals surface area contributed by atoms with Crippen molar-refractivity contribution in [3.05, 3.63) is 77.1 Å². The number of amides is 1. The van der Waals surface area contributed by atoms with E-state index in [0.29, 0.717) is 30.5 Å². The van der Waals surface area contributed by atoms with Crippen LogP contribution in [0.4, 0.5) is 8.78 Å². The molecule has 6 nitrogen and oxygen atoms in total. The lowest BCUT2D eigenvalue weighted by Gasteiger charge is -2.20. The predicted octanol–water partition coefficient (Wildman–Crippen LogP) is 3.00. The molecule has 29 heavy (non-hydrogen) atoms. The molecular formula is C20H21F2N5OS. The fourth-order valence-electron chi connectivity index (χ4n) is 2.76. The highest BCUT2D eigenvalue weighted by Crippen LogP contribution is 2.18. The lowest BCUT2D eigenvalue weighted by molar-refractivity contribution is -0.128. The van der Waals surface area contributed by atoms with Gasteiger partial charge in [-0.25, -0.2) is 13.5 Å². The third kappa shape index (κ3) is 5.54. The summed E-state index contributed by atoms with van der Waals surface area (Å²) in [6, 6.07) is 12.3. The van der Waals surface area contributed by atoms with Gasteiger partial charge >= 0.3 is 0 Å². The van der Waals surface area contributed by atoms with Crippen LogP contribution in [0.25, 0.3) is 0 Å². The van der Waals surface area contributed by atoms with E-state index < -0.39 is 0 Å². The van der Waals surface area contributed by atoms with E-state index in [2.05, 4.69) is 10.2 Å². The average Bonchev–Trinajstić information content (AvgIpc) is 3.05. The van der Waals surface area contributed by atoms with Gasteiger partial charge in [0.25, 0.3) is 0 Å². The summed E-state index contributed by atoms with van der Waals surface area (Å²) in [5.41, 5.74) is 1.58. The third-order valence-corrected chi connectivity index (χ3v) is 5.26. The van der Waals surface area contributed by atoms with E-state index in [1.807, 2.05) is 6.92 Å². The van der Waals surface area contributed by atoms with E-state index in [1.54, 1.807) is 29.2 Å². The smallest absolute Gasteiger partial charge is 0.233 e. The van der Waals surface area contributed by atoms with E-state index in [4.69, 9.17) is 5.84 Å². The molecule has 3 rings (SSSR count). The Morgan fingerprint density at radius 3 is 2.55 bits per heavy atom. The van der Waals surface area contributed by atoms with Crippen LogP contribution >= 0.6 is 11.8 Å². The number of carbonyl (C=O) groups is 1. The molecule has 0 spiro atoms. The fraction of sp³-hybridized carbons (Fsp3) is 0.250. The van der Waals surface area contributed by atoms with Crippen LogP contribution in [0, 0.1) is 11.6 Å². The van der Waals surface area contributed by atoms with Gasteiger partial charge in [0.05, 0.1) is 5.75 Å². The van der Waals surface area contributed by atoms with Crippen molar-refractivity contribution in [2.24, 2.45) is 0 Å². The first kappa shape index (κ1) is 20.8. The minimum Gasteiger partial charge on any atom is -0.338 e. The molecule has 0 aliphatic carbocycles. The maximum Gasteiger partial charge on any atom is 0.233 e. The molecular weight excluding hydrogens is 396 g/mol. The molecule has 1 amide bonds. The Balaban J connectivity index is 1.59. The molecule has 3 aromatic rings. The zero-order valence-corrected chi connectivity index (χ0v) is 16.7. The number of hydrogen-bond acceptors (Lipinski definition) is 5. The van der Waals surface area contributed by atoms with E-state index in [-0.39, 0.29) is 23.3 Å². The number of nitrogens with two attached hydrogens (primary N) is 1. The lowest BCUT2D eigenvalue weighted by atomic mass is 10.1. The van der Waals surface area contributed by atoms with Gasteiger partial charge < -0.3 is 10.7 Å². The highest BCUT2D eigenvalue weighted by Gasteiger charge is 2.16. The van der Waals surface area contributed by atoms with Crippen LogP contribution in [0.5, 0.6) is 0 Å². The summed E-state index contributed by atoms with van der Waals surface area (Å²) in [6.07, 6.45) is 0.402. The first-order chi connectivity index (χ1) is 14.0. The molecule has 0 bridgehead atoms. The Kier molecular flexibility index (Phi) is 6.82. The van der Waals surface area contributed by atoms with Gasteiger partial charge in [0.15, 0.2) is 5.82 Å². The second-order valence-corrected chi connectivity index (χ2v) is 7.34. The minimum absolute atomic E-state index is 0.107. The van der Waals surface area contributed by atoms with Gasteiger partial charge in [-0.3, -0.25) is 4.79 Å². The van der Waals surface area contributed by atoms with Crippen molar-refractivity contribution in [2.45, 2.75) is 25.0 Å². The quantitative estimate of drug-likeness (QED) is 0.450. The highest BCUT2D eigenvalue weighted by molar-refractivity contribution is 7.99. The maximum atomic E-state index is 13.4. The molecule has 2 aromatic carbocycles. The largest absolute Gasteiger partial charge is 0.338 e. The molecule has 1 heterocycles. The Hall–Kier alpha value is -2.94. The van der Waals surface area contributed by atoms with Crippen molar-refractivity contribution in [1.29, 1.82) is 0 Å². The summed E-state index contributed by atoms with van der Waals surface area (Å²) in [6.45, 7) is 2.70. The summed E-state index contributed by atoms with van der Waals surface area (Å²) in [5, 5.41) is 8.51. The molecule has 2 N–H and O–H groups in total. The first-order valence-electron chi connectivity index (χ1n) is 9.05. The van der Waals surface area contributed by atoms with Crippen molar-refractivity contribution in [2.75, 3.05) is 18.1 Å². The molecule has 0 radical (unpaired) electrons. The van der Waals surface area contributed by atoms with E-state index in [0.717, 1.165) is 11.1 Å². The van der Waals surface area contributed by atoms with Gasteiger partial charge in [0.1, 0.15) is 11.6 Å². The van der Waals surface area contributed by atoms with E-state index >= 15 is 0 Å². The second-order valence-electron chi connectivity index (χ2n) is 6.40. The summed E-state index contributed by atoms with van der Waals surface area (Å²) in [5.74, 6) is 5.95. The zero-order valence-electron chi connectivity index (χ0n) is 15.9. The molecule has 0 unspecified atom stereocenters. The van der Waals surface area contributed by atoms with Crippen LogP contribution in [0.1, 0.15) is 23.9 Å². The number of thioether (sulfide) groups is 1. The fourth-order valence-corrected chi connectivity index (χ4v) is 3.54. The maximum absolute atomic E-state index is 13.4. The number of halogens is 2. The molecule has 0 atom stereocenters. The Morgan fingerprint density at radius 1 is 1.10 bits per heavy atom. The van der Waals surface area contributed by atoms with Crippen molar-refractivity contribution < 1.29 is 13.6 Å². The number of carbonyl (C=O) groups excluding carboxylic acids is 1. The molecule has 0 aliphatic heterocycles. The summed E-state index contributed by atoms with van der Waals surface area (Å²) in [7, 11) is 0. The molecule has 0 fully saturated rings. The van der Waals surface area contributed by atoms with Crippen molar-refractivity contribution in [3.8, 4) is 0 Å². The van der Waals surface area contributed by atoms with E-state index in [9.17, 15) is 13.6 Å². The molecule has 0 saturated heterocycles. The van der Waals surface area contributed by atoms with Crippen molar-refractivity contribution in [3.63, 3.8) is 0 Å². The first-order valence-corrected chi connectivity index (χ1v) is 10.0. The van der Waals surface area contributed by atoms with Crippen LogP contribution < -0.4 is 5.84 Å². The lowest BCUT2D eigenvalue weighted by Crippen LogP contribution is -2.32. The van der Waals surface area contributed by atoms with Crippen LogP contribution in [-0.4, -0.2) is 38.0 Å². The van der Waals surface area contributed by atoms with Gasteiger partial charge in [-0.1, -0.05) is 36.0 Å². The van der Waals surface area contributed by atoms with Crippen LogP contribution in [0.15, 0.2) is 53.7 Å². The summed E-state index contributed by atoms with van der Waals surface area (Å²) >= 11 is 1.19. The molecule has 152 valence electrons. The molecule has 9 heteroatoms. The van der Waals surface area contributed by atoms with Crippen LogP contribution in [-0.2, 0) is 17.8 Å². The normalized spacial score (nSPS) is 10.9. The Bertz CT molecular complexity index is 977. The number of hydrogen-bond donors (Lipinski definition) is 1. The zero-order chi connectivity index (χ0) is 20.8. The van der Waals surface area contributed by atoms with Crippen molar-refractivity contribution in [1.82, 2.24) is 19.8 Å². The van der Waals surface area contributed by atoms with Gasteiger partial charge in [0.2, 0.25) is 11.1 Å².